The first-order valence-corrected chi connectivity index (χ1v) is 7.61. The number of halogens is 1. The highest BCUT2D eigenvalue weighted by Crippen LogP contribution is 2.28. The second-order valence-corrected chi connectivity index (χ2v) is 6.41. The van der Waals surface area contributed by atoms with E-state index in [0.717, 1.165) is 11.5 Å². The first kappa shape index (κ1) is 14.8. The third kappa shape index (κ3) is 4.20. The molecule has 0 aliphatic heterocycles. The van der Waals surface area contributed by atoms with Crippen molar-refractivity contribution in [3.63, 3.8) is 0 Å². The molecule has 0 aromatic heterocycles. The van der Waals surface area contributed by atoms with Crippen molar-refractivity contribution in [3.8, 4) is 0 Å². The van der Waals surface area contributed by atoms with Crippen molar-refractivity contribution in [2.75, 3.05) is 6.54 Å². The van der Waals surface area contributed by atoms with Crippen LogP contribution in [0.15, 0.2) is 24.3 Å². The molecule has 0 bridgehead atoms. The van der Waals surface area contributed by atoms with Crippen LogP contribution in [0, 0.1) is 11.8 Å². The lowest BCUT2D eigenvalue weighted by Gasteiger charge is -2.33. The molecule has 4 atom stereocenters. The highest BCUT2D eigenvalue weighted by Gasteiger charge is 2.25. The Morgan fingerprint density at radius 2 is 1.95 bits per heavy atom. The molecule has 0 spiro atoms. The normalized spacial score (nSPS) is 29.2. The summed E-state index contributed by atoms with van der Waals surface area (Å²) in [5.74, 6) is 1.54. The molecule has 1 fully saturated rings. The summed E-state index contributed by atoms with van der Waals surface area (Å²) in [6.45, 7) is 5.25. The Morgan fingerprint density at radius 1 is 1.26 bits per heavy atom. The van der Waals surface area contributed by atoms with E-state index in [-0.39, 0.29) is 0 Å². The van der Waals surface area contributed by atoms with Gasteiger partial charge in [0.2, 0.25) is 0 Å². The summed E-state index contributed by atoms with van der Waals surface area (Å²) in [5.41, 5.74) is 0.925. The molecule has 0 heterocycles. The summed E-state index contributed by atoms with van der Waals surface area (Å²) in [6, 6.07) is 7.97. The van der Waals surface area contributed by atoms with Crippen molar-refractivity contribution in [3.05, 3.63) is 34.9 Å². The molecule has 2 nitrogen and oxygen atoms in total. The highest BCUT2D eigenvalue weighted by atomic mass is 35.5. The zero-order valence-electron chi connectivity index (χ0n) is 11.8. The highest BCUT2D eigenvalue weighted by molar-refractivity contribution is 6.30. The number of nitrogens with one attached hydrogen (secondary N) is 1. The van der Waals surface area contributed by atoms with Crippen LogP contribution in [-0.2, 0) is 0 Å². The van der Waals surface area contributed by atoms with E-state index in [2.05, 4.69) is 19.2 Å². The Bertz CT molecular complexity index is 392. The summed E-state index contributed by atoms with van der Waals surface area (Å²) in [5, 5.41) is 14.4. The molecular weight excluding hydrogens is 258 g/mol. The average Bonchev–Trinajstić information content (AvgIpc) is 2.38. The minimum Gasteiger partial charge on any atom is -0.387 e. The van der Waals surface area contributed by atoms with Crippen molar-refractivity contribution in [2.24, 2.45) is 11.8 Å². The van der Waals surface area contributed by atoms with Gasteiger partial charge in [0.1, 0.15) is 0 Å². The molecule has 1 aromatic rings. The number of benzene rings is 1. The van der Waals surface area contributed by atoms with E-state index in [0.29, 0.717) is 23.5 Å². The lowest BCUT2D eigenvalue weighted by Crippen LogP contribution is -2.40. The molecule has 0 radical (unpaired) electrons. The summed E-state index contributed by atoms with van der Waals surface area (Å²) in [7, 11) is 0. The lowest BCUT2D eigenvalue weighted by atomic mass is 9.80. The van der Waals surface area contributed by atoms with Crippen LogP contribution in [-0.4, -0.2) is 17.7 Å². The predicted molar refractivity (Wildman–Crippen MR) is 80.4 cm³/mol. The largest absolute Gasteiger partial charge is 0.387 e. The second-order valence-electron chi connectivity index (χ2n) is 5.98. The van der Waals surface area contributed by atoms with E-state index in [9.17, 15) is 5.11 Å². The van der Waals surface area contributed by atoms with Crippen molar-refractivity contribution in [1.82, 2.24) is 5.32 Å². The van der Waals surface area contributed by atoms with Crippen LogP contribution in [0.5, 0.6) is 0 Å². The summed E-state index contributed by atoms with van der Waals surface area (Å²) in [4.78, 5) is 0. The SMILES string of the molecule is CC1CCC(NCC(O)c2ccc(Cl)cc2)C(C)C1. The number of rotatable bonds is 4. The maximum absolute atomic E-state index is 10.2. The zero-order valence-corrected chi connectivity index (χ0v) is 12.5. The minimum absolute atomic E-state index is 0.455. The number of aliphatic hydroxyl groups excluding tert-OH is 1. The maximum Gasteiger partial charge on any atom is 0.0914 e. The Hall–Kier alpha value is -0.570. The average molecular weight is 282 g/mol. The lowest BCUT2D eigenvalue weighted by molar-refractivity contribution is 0.150. The Kier molecular flexibility index (Phi) is 5.26. The number of hydrogen-bond donors (Lipinski definition) is 2. The van der Waals surface area contributed by atoms with Gasteiger partial charge in [-0.3, -0.25) is 0 Å². The molecule has 3 heteroatoms. The molecule has 4 unspecified atom stereocenters. The quantitative estimate of drug-likeness (QED) is 0.880. The standard InChI is InChI=1S/C16H24ClNO/c1-11-3-8-15(12(2)9-11)18-10-16(19)13-4-6-14(17)7-5-13/h4-7,11-12,15-16,18-19H,3,8-10H2,1-2H3. The Labute approximate surface area is 121 Å². The fourth-order valence-electron chi connectivity index (χ4n) is 3.03. The Balaban J connectivity index is 1.83. The third-order valence-corrected chi connectivity index (χ3v) is 4.51. The Morgan fingerprint density at radius 3 is 2.58 bits per heavy atom. The fourth-order valence-corrected chi connectivity index (χ4v) is 3.16. The van der Waals surface area contributed by atoms with Gasteiger partial charge in [0.25, 0.3) is 0 Å². The molecule has 2 N–H and O–H groups in total. The van der Waals surface area contributed by atoms with Gasteiger partial charge in [0, 0.05) is 17.6 Å². The van der Waals surface area contributed by atoms with Gasteiger partial charge in [-0.15, -0.1) is 0 Å². The molecule has 1 aliphatic carbocycles. The molecule has 106 valence electrons. The van der Waals surface area contributed by atoms with Crippen LogP contribution >= 0.6 is 11.6 Å². The molecule has 2 rings (SSSR count). The van der Waals surface area contributed by atoms with E-state index in [4.69, 9.17) is 11.6 Å². The van der Waals surface area contributed by atoms with Gasteiger partial charge in [-0.2, -0.15) is 0 Å². The van der Waals surface area contributed by atoms with Crippen LogP contribution in [0.2, 0.25) is 5.02 Å². The summed E-state index contributed by atoms with van der Waals surface area (Å²) >= 11 is 5.85. The van der Waals surface area contributed by atoms with Crippen molar-refractivity contribution in [1.29, 1.82) is 0 Å². The van der Waals surface area contributed by atoms with Crippen LogP contribution in [0.3, 0.4) is 0 Å². The van der Waals surface area contributed by atoms with Gasteiger partial charge >= 0.3 is 0 Å². The van der Waals surface area contributed by atoms with Gasteiger partial charge in [-0.05, 0) is 48.8 Å². The third-order valence-electron chi connectivity index (χ3n) is 4.26. The van der Waals surface area contributed by atoms with Crippen molar-refractivity contribution < 1.29 is 5.11 Å². The minimum atomic E-state index is -0.455. The first-order valence-electron chi connectivity index (χ1n) is 7.23. The fraction of sp³-hybridized carbons (Fsp3) is 0.625. The van der Waals surface area contributed by atoms with Gasteiger partial charge < -0.3 is 10.4 Å². The van der Waals surface area contributed by atoms with Crippen molar-refractivity contribution in [2.45, 2.75) is 45.3 Å². The van der Waals surface area contributed by atoms with E-state index < -0.39 is 6.10 Å². The van der Waals surface area contributed by atoms with Crippen LogP contribution in [0.25, 0.3) is 0 Å². The predicted octanol–water partition coefficient (Wildman–Crippen LogP) is 3.79. The van der Waals surface area contributed by atoms with Crippen molar-refractivity contribution >= 4 is 11.6 Å². The van der Waals surface area contributed by atoms with E-state index in [1.807, 2.05) is 24.3 Å². The maximum atomic E-state index is 10.2. The van der Waals surface area contributed by atoms with Gasteiger partial charge in [-0.25, -0.2) is 0 Å². The zero-order chi connectivity index (χ0) is 13.8. The van der Waals surface area contributed by atoms with Gasteiger partial charge in [-0.1, -0.05) is 37.6 Å². The molecule has 19 heavy (non-hydrogen) atoms. The summed E-state index contributed by atoms with van der Waals surface area (Å²) < 4.78 is 0. The molecule has 0 amide bonds. The first-order chi connectivity index (χ1) is 9.06. The van der Waals surface area contributed by atoms with Gasteiger partial charge in [0.05, 0.1) is 6.10 Å². The smallest absolute Gasteiger partial charge is 0.0914 e. The topological polar surface area (TPSA) is 32.3 Å². The molecule has 0 saturated heterocycles. The molecule has 1 saturated carbocycles. The van der Waals surface area contributed by atoms with E-state index in [1.165, 1.54) is 19.3 Å². The molecule has 1 aromatic carbocycles. The monoisotopic (exact) mass is 281 g/mol. The number of aliphatic hydroxyl groups is 1. The molecular formula is C16H24ClNO. The number of hydrogen-bond acceptors (Lipinski definition) is 2. The van der Waals surface area contributed by atoms with Crippen LogP contribution < -0.4 is 5.32 Å². The van der Waals surface area contributed by atoms with E-state index >= 15 is 0 Å². The second kappa shape index (κ2) is 6.74. The summed E-state index contributed by atoms with van der Waals surface area (Å²) in [6.07, 6.45) is 3.34. The van der Waals surface area contributed by atoms with Gasteiger partial charge in [0.15, 0.2) is 0 Å². The van der Waals surface area contributed by atoms with Crippen LogP contribution in [0.4, 0.5) is 0 Å². The van der Waals surface area contributed by atoms with E-state index in [1.54, 1.807) is 0 Å². The molecule has 1 aliphatic rings. The van der Waals surface area contributed by atoms with Crippen LogP contribution in [0.1, 0.15) is 44.8 Å².